The molecule has 1 N–H and O–H groups in total. The van der Waals surface area contributed by atoms with Crippen molar-refractivity contribution in [2.75, 3.05) is 0 Å². The summed E-state index contributed by atoms with van der Waals surface area (Å²) < 4.78 is 0. The van der Waals surface area contributed by atoms with Gasteiger partial charge in [-0.05, 0) is 17.5 Å². The van der Waals surface area contributed by atoms with Gasteiger partial charge in [-0.25, -0.2) is 4.98 Å². The highest BCUT2D eigenvalue weighted by atomic mass is 79.9. The summed E-state index contributed by atoms with van der Waals surface area (Å²) in [5.74, 6) is 0. The Morgan fingerprint density at radius 3 is 3.00 bits per heavy atom. The van der Waals surface area contributed by atoms with Crippen LogP contribution in [0.1, 0.15) is 0 Å². The molecular formula is C7H6BrNS. The minimum Gasteiger partial charge on any atom is -1.00 e. The minimum absolute atomic E-state index is 0. The van der Waals surface area contributed by atoms with Gasteiger partial charge >= 0.3 is 0 Å². The molecule has 0 unspecified atom stereocenters. The van der Waals surface area contributed by atoms with Gasteiger partial charge in [0.25, 0.3) is 4.83 Å². The lowest BCUT2D eigenvalue weighted by atomic mass is 10.4. The normalized spacial score (nSPS) is 9.20. The Morgan fingerprint density at radius 2 is 2.20 bits per heavy atom. The summed E-state index contributed by atoms with van der Waals surface area (Å²) in [4.78, 5) is 4.40. The Balaban J connectivity index is 0.000000500. The van der Waals surface area contributed by atoms with Crippen LogP contribution in [0, 0.1) is 0 Å². The van der Waals surface area contributed by atoms with E-state index in [1.165, 1.54) is 10.2 Å². The number of hydrogen-bond acceptors (Lipinski definition) is 1. The van der Waals surface area contributed by atoms with Gasteiger partial charge in [0.1, 0.15) is 0 Å². The highest BCUT2D eigenvalue weighted by Gasteiger charge is 1.96. The van der Waals surface area contributed by atoms with Crippen molar-refractivity contribution in [2.45, 2.75) is 0 Å². The number of thiophene rings is 1. The maximum Gasteiger partial charge on any atom is 0.267 e. The quantitative estimate of drug-likeness (QED) is 0.521. The summed E-state index contributed by atoms with van der Waals surface area (Å²) in [7, 11) is 0. The molecule has 2 aromatic heterocycles. The first-order valence-electron chi connectivity index (χ1n) is 2.81. The van der Waals surface area contributed by atoms with Crippen LogP contribution in [0.4, 0.5) is 0 Å². The zero-order valence-corrected chi connectivity index (χ0v) is 7.58. The molecule has 0 spiro atoms. The number of halogens is 1. The maximum atomic E-state index is 3.15. The summed E-state index contributed by atoms with van der Waals surface area (Å²) in [6.07, 6.45) is 1.94. The second-order valence-electron chi connectivity index (χ2n) is 1.88. The number of pyridine rings is 1. The van der Waals surface area contributed by atoms with Crippen molar-refractivity contribution in [1.82, 2.24) is 0 Å². The Morgan fingerprint density at radius 1 is 1.30 bits per heavy atom. The topological polar surface area (TPSA) is 14.1 Å². The molecule has 0 amide bonds. The van der Waals surface area contributed by atoms with Gasteiger partial charge in [-0.2, -0.15) is 0 Å². The third kappa shape index (κ3) is 1.20. The molecule has 0 saturated carbocycles. The molecule has 52 valence electrons. The van der Waals surface area contributed by atoms with Gasteiger partial charge in [0.2, 0.25) is 0 Å². The summed E-state index contributed by atoms with van der Waals surface area (Å²) >= 11 is 1.73. The monoisotopic (exact) mass is 215 g/mol. The molecule has 0 atom stereocenters. The number of H-pyrrole nitrogens is 1. The molecule has 2 rings (SSSR count). The molecule has 0 bridgehead atoms. The van der Waals surface area contributed by atoms with E-state index in [1.54, 1.807) is 11.3 Å². The molecule has 0 fully saturated rings. The molecule has 2 aromatic rings. The lowest BCUT2D eigenvalue weighted by molar-refractivity contribution is -0.341. The van der Waals surface area contributed by atoms with Crippen molar-refractivity contribution in [3.8, 4) is 0 Å². The number of nitrogens with one attached hydrogen (secondary N) is 1. The van der Waals surface area contributed by atoms with Crippen LogP contribution in [-0.2, 0) is 0 Å². The third-order valence-corrected chi connectivity index (χ3v) is 2.14. The van der Waals surface area contributed by atoms with Crippen LogP contribution >= 0.6 is 11.3 Å². The van der Waals surface area contributed by atoms with Gasteiger partial charge in [-0.3, -0.25) is 0 Å². The van der Waals surface area contributed by atoms with E-state index in [0.717, 1.165) is 0 Å². The number of aromatic amines is 1. The fourth-order valence-corrected chi connectivity index (χ4v) is 1.60. The van der Waals surface area contributed by atoms with Crippen LogP contribution in [0.5, 0.6) is 0 Å². The molecule has 0 aliphatic rings. The molecule has 1 nitrogen and oxygen atoms in total. The largest absolute Gasteiger partial charge is 1.00 e. The molecule has 2 heterocycles. The van der Waals surface area contributed by atoms with Crippen molar-refractivity contribution in [2.24, 2.45) is 0 Å². The minimum atomic E-state index is 0. The van der Waals surface area contributed by atoms with E-state index in [0.29, 0.717) is 0 Å². The summed E-state index contributed by atoms with van der Waals surface area (Å²) in [6, 6.07) is 6.22. The smallest absolute Gasteiger partial charge is 0.267 e. The zero-order chi connectivity index (χ0) is 6.10. The second-order valence-corrected chi connectivity index (χ2v) is 2.79. The molecule has 0 aliphatic carbocycles. The van der Waals surface area contributed by atoms with Crippen molar-refractivity contribution in [3.05, 3.63) is 29.8 Å². The van der Waals surface area contributed by atoms with Crippen LogP contribution in [0.2, 0.25) is 0 Å². The van der Waals surface area contributed by atoms with Gasteiger partial charge in [-0.15, -0.1) is 0 Å². The van der Waals surface area contributed by atoms with Crippen LogP contribution in [0.3, 0.4) is 0 Å². The van der Waals surface area contributed by atoms with E-state index < -0.39 is 0 Å². The van der Waals surface area contributed by atoms with Crippen LogP contribution in [0.25, 0.3) is 10.2 Å². The fourth-order valence-electron chi connectivity index (χ4n) is 0.843. The van der Waals surface area contributed by atoms with Gasteiger partial charge in [0, 0.05) is 6.07 Å². The predicted molar refractivity (Wildman–Crippen MR) is 38.4 cm³/mol. The van der Waals surface area contributed by atoms with Crippen molar-refractivity contribution in [3.63, 3.8) is 0 Å². The van der Waals surface area contributed by atoms with Crippen LogP contribution in [0.15, 0.2) is 29.8 Å². The van der Waals surface area contributed by atoms with Gasteiger partial charge in [0.15, 0.2) is 6.20 Å². The van der Waals surface area contributed by atoms with E-state index >= 15 is 0 Å². The van der Waals surface area contributed by atoms with Gasteiger partial charge in [-0.1, -0.05) is 11.3 Å². The molecular weight excluding hydrogens is 210 g/mol. The molecule has 3 heteroatoms. The van der Waals surface area contributed by atoms with Gasteiger partial charge in [0.05, 0.1) is 5.39 Å². The first-order valence-corrected chi connectivity index (χ1v) is 3.69. The van der Waals surface area contributed by atoms with Gasteiger partial charge < -0.3 is 17.0 Å². The first kappa shape index (κ1) is 7.69. The van der Waals surface area contributed by atoms with Crippen LogP contribution < -0.4 is 22.0 Å². The maximum absolute atomic E-state index is 3.15. The molecule has 0 saturated heterocycles. The predicted octanol–water partition coefficient (Wildman–Crippen LogP) is -1.28. The van der Waals surface area contributed by atoms with E-state index in [4.69, 9.17) is 0 Å². The lowest BCUT2D eigenvalue weighted by Gasteiger charge is -1.74. The molecule has 10 heavy (non-hydrogen) atoms. The third-order valence-electron chi connectivity index (χ3n) is 1.28. The van der Waals surface area contributed by atoms with E-state index in [2.05, 4.69) is 22.5 Å². The lowest BCUT2D eigenvalue weighted by Crippen LogP contribution is -3.00. The summed E-state index contributed by atoms with van der Waals surface area (Å²) in [5, 5.41) is 3.38. The Hall–Kier alpha value is -0.410. The Kier molecular flexibility index (Phi) is 2.40. The van der Waals surface area contributed by atoms with E-state index in [1.807, 2.05) is 12.3 Å². The second kappa shape index (κ2) is 3.12. The standard InChI is InChI=1S/C7H5NS.BrH/c1-2-6-3-5-9-7(6)8-4-1;/h1-5H;1H. The fraction of sp³-hybridized carbons (Fsp3) is 0. The van der Waals surface area contributed by atoms with Crippen molar-refractivity contribution >= 4 is 21.6 Å². The molecule has 0 aliphatic heterocycles. The average molecular weight is 216 g/mol. The molecule has 0 aromatic carbocycles. The number of rotatable bonds is 0. The Bertz CT molecular complexity index is 288. The van der Waals surface area contributed by atoms with E-state index in [9.17, 15) is 0 Å². The van der Waals surface area contributed by atoms with E-state index in [-0.39, 0.29) is 17.0 Å². The SMILES string of the molecule is [Br-].c1c[nH+]c2sccc2c1. The van der Waals surface area contributed by atoms with Crippen molar-refractivity contribution < 1.29 is 22.0 Å². The average Bonchev–Trinajstić information content (AvgIpc) is 2.33. The summed E-state index contributed by atoms with van der Waals surface area (Å²) in [5.41, 5.74) is 0. The highest BCUT2D eigenvalue weighted by molar-refractivity contribution is 7.16. The molecule has 0 radical (unpaired) electrons. The first-order chi connectivity index (χ1) is 4.47. The highest BCUT2D eigenvalue weighted by Crippen LogP contribution is 2.13. The summed E-state index contributed by atoms with van der Waals surface area (Å²) in [6.45, 7) is 0. The Labute approximate surface area is 73.5 Å². The zero-order valence-electron chi connectivity index (χ0n) is 5.17. The van der Waals surface area contributed by atoms with Crippen LogP contribution in [-0.4, -0.2) is 0 Å². The number of aromatic nitrogens is 1. The van der Waals surface area contributed by atoms with Crippen molar-refractivity contribution in [1.29, 1.82) is 0 Å². The number of fused-ring (bicyclic) bond motifs is 1. The number of hydrogen-bond donors (Lipinski definition) is 0.